The molecule has 0 unspecified atom stereocenters. The first-order chi connectivity index (χ1) is 13.4. The number of furan rings is 1. The number of nitrogens with one attached hydrogen (secondary N) is 1. The Kier molecular flexibility index (Phi) is 4.38. The Bertz CT molecular complexity index is 1110. The van der Waals surface area contributed by atoms with E-state index in [0.29, 0.717) is 11.6 Å². The third kappa shape index (κ3) is 3.48. The number of amides is 1. The number of carbonyl (C=O) groups is 1. The summed E-state index contributed by atoms with van der Waals surface area (Å²) in [6.07, 6.45) is -1.69. The van der Waals surface area contributed by atoms with E-state index in [-0.39, 0.29) is 17.6 Å². The van der Waals surface area contributed by atoms with Crippen LogP contribution in [-0.2, 0) is 24.1 Å². The molecule has 0 bridgehead atoms. The van der Waals surface area contributed by atoms with E-state index in [2.05, 4.69) is 15.4 Å². The van der Waals surface area contributed by atoms with Crippen molar-refractivity contribution in [3.05, 3.63) is 66.5 Å². The molecule has 1 N–H and O–H groups in total. The number of hydrogen-bond acceptors (Lipinski definition) is 4. The summed E-state index contributed by atoms with van der Waals surface area (Å²) in [5.41, 5.74) is 0.402. The number of alkyl halides is 3. The molecule has 0 spiro atoms. The largest absolute Gasteiger partial charge is 0.467 e. The molecule has 0 radical (unpaired) electrons. The van der Waals surface area contributed by atoms with Gasteiger partial charge in [-0.3, -0.25) is 4.79 Å². The van der Waals surface area contributed by atoms with Crippen LogP contribution >= 0.6 is 0 Å². The fourth-order valence-electron chi connectivity index (χ4n) is 2.89. The summed E-state index contributed by atoms with van der Waals surface area (Å²) in [7, 11) is 0. The van der Waals surface area contributed by atoms with Crippen LogP contribution in [0.1, 0.15) is 11.6 Å². The molecule has 0 saturated carbocycles. The number of anilines is 1. The van der Waals surface area contributed by atoms with Crippen LogP contribution in [0.2, 0.25) is 0 Å². The molecule has 7 nitrogen and oxygen atoms in total. The molecule has 3 heterocycles. The van der Waals surface area contributed by atoms with Gasteiger partial charge in [-0.1, -0.05) is 12.1 Å². The number of hydrogen-bond donors (Lipinski definition) is 1. The minimum Gasteiger partial charge on any atom is -0.467 e. The predicted molar refractivity (Wildman–Crippen MR) is 93.4 cm³/mol. The summed E-state index contributed by atoms with van der Waals surface area (Å²) in [5, 5.41) is 6.68. The van der Waals surface area contributed by atoms with Crippen molar-refractivity contribution in [1.82, 2.24) is 19.3 Å². The molecule has 0 atom stereocenters. The van der Waals surface area contributed by atoms with Crippen molar-refractivity contribution in [3.63, 3.8) is 0 Å². The molecule has 144 valence electrons. The van der Waals surface area contributed by atoms with Crippen LogP contribution in [0.3, 0.4) is 0 Å². The summed E-state index contributed by atoms with van der Waals surface area (Å²) in [6, 6.07) is 11.2. The van der Waals surface area contributed by atoms with Gasteiger partial charge in [0.25, 0.3) is 0 Å². The van der Waals surface area contributed by atoms with Crippen LogP contribution < -0.4 is 5.32 Å². The highest BCUT2D eigenvalue weighted by Gasteiger charge is 2.38. The Labute approximate surface area is 156 Å². The van der Waals surface area contributed by atoms with Crippen LogP contribution in [0.25, 0.3) is 11.0 Å². The van der Waals surface area contributed by atoms with Gasteiger partial charge in [0.1, 0.15) is 24.7 Å². The first-order valence-electron chi connectivity index (χ1n) is 8.28. The average molecular weight is 389 g/mol. The lowest BCUT2D eigenvalue weighted by molar-refractivity contribution is -0.147. The molecule has 0 aliphatic carbocycles. The van der Waals surface area contributed by atoms with Gasteiger partial charge in [-0.05, 0) is 24.3 Å². The van der Waals surface area contributed by atoms with E-state index in [0.717, 1.165) is 4.57 Å². The van der Waals surface area contributed by atoms with Crippen molar-refractivity contribution in [2.45, 2.75) is 19.3 Å². The van der Waals surface area contributed by atoms with Crippen molar-refractivity contribution < 1.29 is 22.4 Å². The minimum absolute atomic E-state index is 0.172. The van der Waals surface area contributed by atoms with Crippen molar-refractivity contribution in [2.24, 2.45) is 0 Å². The molecule has 1 aromatic carbocycles. The fraction of sp³-hybridized carbons (Fsp3) is 0.167. The standard InChI is InChI=1S/C18H14F3N5O2/c19-18(20,21)17-23-13-5-1-2-6-14(13)25(17)11-16(27)24-15-7-8-22-26(15)10-12-4-3-9-28-12/h1-9H,10-11H2,(H,24,27). The molecule has 4 aromatic rings. The predicted octanol–water partition coefficient (Wildman–Crippen LogP) is 3.53. The van der Waals surface area contributed by atoms with Gasteiger partial charge in [-0.15, -0.1) is 0 Å². The zero-order valence-electron chi connectivity index (χ0n) is 14.3. The summed E-state index contributed by atoms with van der Waals surface area (Å²) < 4.78 is 47.6. The fourth-order valence-corrected chi connectivity index (χ4v) is 2.89. The Morgan fingerprint density at radius 1 is 1.14 bits per heavy atom. The van der Waals surface area contributed by atoms with E-state index in [1.165, 1.54) is 29.3 Å². The highest BCUT2D eigenvalue weighted by molar-refractivity contribution is 5.91. The molecular weight excluding hydrogens is 375 g/mol. The van der Waals surface area contributed by atoms with E-state index in [1.807, 2.05) is 0 Å². The first kappa shape index (κ1) is 17.8. The normalized spacial score (nSPS) is 11.8. The van der Waals surface area contributed by atoms with Crippen LogP contribution in [0, 0.1) is 0 Å². The number of halogens is 3. The lowest BCUT2D eigenvalue weighted by Gasteiger charge is -2.12. The van der Waals surface area contributed by atoms with E-state index < -0.39 is 24.5 Å². The molecule has 10 heteroatoms. The molecule has 1 amide bonds. The summed E-state index contributed by atoms with van der Waals surface area (Å²) in [4.78, 5) is 16.1. The average Bonchev–Trinajstić information content (AvgIpc) is 3.37. The van der Waals surface area contributed by atoms with E-state index in [9.17, 15) is 18.0 Å². The summed E-state index contributed by atoms with van der Waals surface area (Å²) in [6.45, 7) is -0.265. The Morgan fingerprint density at radius 2 is 1.96 bits per heavy atom. The maximum atomic E-state index is 13.4. The summed E-state index contributed by atoms with van der Waals surface area (Å²) in [5.74, 6) is -0.777. The highest BCUT2D eigenvalue weighted by atomic mass is 19.4. The first-order valence-corrected chi connectivity index (χ1v) is 8.28. The number of imidazole rings is 1. The molecule has 3 aromatic heterocycles. The van der Waals surface area contributed by atoms with Crippen molar-refractivity contribution in [2.75, 3.05) is 5.32 Å². The van der Waals surface area contributed by atoms with Gasteiger partial charge >= 0.3 is 6.18 Å². The second-order valence-electron chi connectivity index (χ2n) is 6.01. The number of nitrogens with zero attached hydrogens (tertiary/aromatic N) is 4. The van der Waals surface area contributed by atoms with Crippen LogP contribution in [0.4, 0.5) is 19.0 Å². The van der Waals surface area contributed by atoms with Gasteiger partial charge < -0.3 is 14.3 Å². The number of para-hydroxylation sites is 2. The van der Waals surface area contributed by atoms with Crippen LogP contribution in [-0.4, -0.2) is 25.2 Å². The van der Waals surface area contributed by atoms with E-state index >= 15 is 0 Å². The summed E-state index contributed by atoms with van der Waals surface area (Å²) >= 11 is 0. The Hall–Kier alpha value is -3.56. The Balaban J connectivity index is 1.58. The van der Waals surface area contributed by atoms with Crippen LogP contribution in [0.15, 0.2) is 59.3 Å². The topological polar surface area (TPSA) is 77.9 Å². The van der Waals surface area contributed by atoms with E-state index in [4.69, 9.17) is 4.42 Å². The van der Waals surface area contributed by atoms with Crippen molar-refractivity contribution in [3.8, 4) is 0 Å². The smallest absolute Gasteiger partial charge is 0.449 e. The van der Waals surface area contributed by atoms with Gasteiger partial charge in [0.2, 0.25) is 11.7 Å². The molecular formula is C18H14F3N5O2. The highest BCUT2D eigenvalue weighted by Crippen LogP contribution is 2.31. The van der Waals surface area contributed by atoms with Gasteiger partial charge in [0, 0.05) is 6.07 Å². The Morgan fingerprint density at radius 3 is 2.71 bits per heavy atom. The SMILES string of the molecule is O=C(Cn1c(C(F)(F)F)nc2ccccc21)Nc1ccnn1Cc1ccco1. The molecule has 0 saturated heterocycles. The zero-order chi connectivity index (χ0) is 19.7. The zero-order valence-corrected chi connectivity index (χ0v) is 14.3. The number of aromatic nitrogens is 4. The van der Waals surface area contributed by atoms with Gasteiger partial charge in [0.05, 0.1) is 23.5 Å². The maximum Gasteiger partial charge on any atom is 0.449 e. The van der Waals surface area contributed by atoms with Crippen molar-refractivity contribution in [1.29, 1.82) is 0 Å². The number of fused-ring (bicyclic) bond motifs is 1. The van der Waals surface area contributed by atoms with E-state index in [1.54, 1.807) is 30.3 Å². The quantitative estimate of drug-likeness (QED) is 0.566. The third-order valence-corrected chi connectivity index (χ3v) is 4.08. The lowest BCUT2D eigenvalue weighted by atomic mass is 10.3. The molecule has 0 aliphatic heterocycles. The van der Waals surface area contributed by atoms with Gasteiger partial charge in [0.15, 0.2) is 0 Å². The lowest BCUT2D eigenvalue weighted by Crippen LogP contribution is -2.24. The second kappa shape index (κ2) is 6.87. The van der Waals surface area contributed by atoms with Gasteiger partial charge in [-0.25, -0.2) is 9.67 Å². The molecule has 0 aliphatic rings. The van der Waals surface area contributed by atoms with Gasteiger partial charge in [-0.2, -0.15) is 18.3 Å². The maximum absolute atomic E-state index is 13.4. The second-order valence-corrected chi connectivity index (χ2v) is 6.01. The van der Waals surface area contributed by atoms with Crippen molar-refractivity contribution >= 4 is 22.8 Å². The molecule has 0 fully saturated rings. The monoisotopic (exact) mass is 389 g/mol. The van der Waals surface area contributed by atoms with Crippen LogP contribution in [0.5, 0.6) is 0 Å². The molecule has 28 heavy (non-hydrogen) atoms. The number of benzene rings is 1. The number of carbonyl (C=O) groups excluding carboxylic acids is 1. The minimum atomic E-state index is -4.68. The number of rotatable bonds is 5. The third-order valence-electron chi connectivity index (χ3n) is 4.08. The molecule has 4 rings (SSSR count).